The summed E-state index contributed by atoms with van der Waals surface area (Å²) < 4.78 is 2.07. The molecule has 0 aliphatic carbocycles. The Kier molecular flexibility index (Phi) is 4.19. The summed E-state index contributed by atoms with van der Waals surface area (Å²) in [5.74, 6) is -0.0300. The van der Waals surface area contributed by atoms with Crippen LogP contribution in [0.4, 0.5) is 0 Å². The van der Waals surface area contributed by atoms with Gasteiger partial charge in [-0.2, -0.15) is 0 Å². The van der Waals surface area contributed by atoms with Gasteiger partial charge in [0.05, 0.1) is 11.0 Å². The van der Waals surface area contributed by atoms with Crippen molar-refractivity contribution < 1.29 is 4.79 Å². The summed E-state index contributed by atoms with van der Waals surface area (Å²) >= 11 is 0. The molecule has 0 saturated heterocycles. The summed E-state index contributed by atoms with van der Waals surface area (Å²) in [6.45, 7) is 2.05. The number of hydrogen-bond acceptors (Lipinski definition) is 3. The van der Waals surface area contributed by atoms with Crippen LogP contribution in [0.5, 0.6) is 0 Å². The van der Waals surface area contributed by atoms with Crippen LogP contribution in [0.3, 0.4) is 0 Å². The largest absolute Gasteiger partial charge is 0.352 e. The molecule has 0 fully saturated rings. The summed E-state index contributed by atoms with van der Waals surface area (Å²) in [7, 11) is 0. The molecule has 0 aliphatic heterocycles. The van der Waals surface area contributed by atoms with Crippen LogP contribution >= 0.6 is 0 Å². The van der Waals surface area contributed by atoms with Gasteiger partial charge in [-0.25, -0.2) is 4.98 Å². The predicted octanol–water partition coefficient (Wildman–Crippen LogP) is 3.72. The van der Waals surface area contributed by atoms with Crippen molar-refractivity contribution in [1.82, 2.24) is 19.9 Å². The molecule has 2 aromatic carbocycles. The molecule has 0 atom stereocenters. The highest BCUT2D eigenvalue weighted by Crippen LogP contribution is 2.25. The van der Waals surface area contributed by atoms with Crippen molar-refractivity contribution >= 4 is 16.9 Å². The average Bonchev–Trinajstić information content (AvgIpc) is 3.10. The van der Waals surface area contributed by atoms with E-state index in [1.807, 2.05) is 55.0 Å². The third-order valence-electron chi connectivity index (χ3n) is 4.30. The van der Waals surface area contributed by atoms with Gasteiger partial charge in [-0.15, -0.1) is 0 Å². The number of nitrogens with one attached hydrogen (secondary N) is 1. The molecule has 2 heterocycles. The van der Waals surface area contributed by atoms with Crippen LogP contribution in [0.2, 0.25) is 0 Å². The number of imidazole rings is 1. The van der Waals surface area contributed by atoms with E-state index in [4.69, 9.17) is 0 Å². The molecule has 0 bridgehead atoms. The SMILES string of the molecule is CC(=O)NCc1ccc(-n2cnc3ccc(-c4cccnc4)cc32)cc1. The summed E-state index contributed by atoms with van der Waals surface area (Å²) in [5, 5.41) is 2.81. The predicted molar refractivity (Wildman–Crippen MR) is 102 cm³/mol. The third kappa shape index (κ3) is 3.19. The van der Waals surface area contributed by atoms with Gasteiger partial charge in [0.2, 0.25) is 5.91 Å². The van der Waals surface area contributed by atoms with Gasteiger partial charge >= 0.3 is 0 Å². The molecule has 5 nitrogen and oxygen atoms in total. The zero-order valence-electron chi connectivity index (χ0n) is 14.4. The van der Waals surface area contributed by atoms with E-state index in [1.54, 1.807) is 6.20 Å². The Labute approximate surface area is 151 Å². The fraction of sp³-hybridized carbons (Fsp3) is 0.0952. The van der Waals surface area contributed by atoms with E-state index in [9.17, 15) is 4.79 Å². The van der Waals surface area contributed by atoms with Crippen LogP contribution < -0.4 is 5.32 Å². The fourth-order valence-electron chi connectivity index (χ4n) is 2.93. The first-order chi connectivity index (χ1) is 12.7. The minimum atomic E-state index is -0.0300. The number of pyridine rings is 1. The Balaban J connectivity index is 1.69. The quantitative estimate of drug-likeness (QED) is 0.615. The van der Waals surface area contributed by atoms with Crippen molar-refractivity contribution in [2.75, 3.05) is 0 Å². The Bertz CT molecular complexity index is 1050. The van der Waals surface area contributed by atoms with Crippen molar-refractivity contribution in [2.24, 2.45) is 0 Å². The van der Waals surface area contributed by atoms with Gasteiger partial charge in [0.15, 0.2) is 0 Å². The number of carbonyl (C=O) groups excluding carboxylic acids is 1. The second-order valence-corrected chi connectivity index (χ2v) is 6.14. The van der Waals surface area contributed by atoms with Gasteiger partial charge in [-0.05, 0) is 41.5 Å². The van der Waals surface area contributed by atoms with E-state index < -0.39 is 0 Å². The maximum absolute atomic E-state index is 11.0. The van der Waals surface area contributed by atoms with Crippen LogP contribution in [0, 0.1) is 0 Å². The van der Waals surface area contributed by atoms with Crippen molar-refractivity contribution in [3.63, 3.8) is 0 Å². The van der Waals surface area contributed by atoms with E-state index in [0.29, 0.717) is 6.54 Å². The van der Waals surface area contributed by atoms with Gasteiger partial charge in [0, 0.05) is 37.1 Å². The monoisotopic (exact) mass is 342 g/mol. The van der Waals surface area contributed by atoms with Crippen LogP contribution in [0.25, 0.3) is 27.8 Å². The highest BCUT2D eigenvalue weighted by Gasteiger charge is 2.07. The lowest BCUT2D eigenvalue weighted by molar-refractivity contribution is -0.119. The van der Waals surface area contributed by atoms with Crippen LogP contribution in [-0.4, -0.2) is 20.4 Å². The zero-order valence-corrected chi connectivity index (χ0v) is 14.4. The summed E-state index contributed by atoms with van der Waals surface area (Å²) in [6.07, 6.45) is 5.47. The number of fused-ring (bicyclic) bond motifs is 1. The van der Waals surface area contributed by atoms with Gasteiger partial charge in [0.25, 0.3) is 0 Å². The number of rotatable bonds is 4. The molecular weight excluding hydrogens is 324 g/mol. The van der Waals surface area contributed by atoms with Crippen molar-refractivity contribution in [3.8, 4) is 16.8 Å². The number of carbonyl (C=O) groups is 1. The summed E-state index contributed by atoms with van der Waals surface area (Å²) in [5.41, 5.74) is 6.26. The number of aromatic nitrogens is 3. The first-order valence-corrected chi connectivity index (χ1v) is 8.42. The molecular formula is C21H18N4O. The van der Waals surface area contributed by atoms with Gasteiger partial charge < -0.3 is 5.32 Å². The van der Waals surface area contributed by atoms with E-state index in [-0.39, 0.29) is 5.91 Å². The van der Waals surface area contributed by atoms with E-state index in [0.717, 1.165) is 33.4 Å². The first kappa shape index (κ1) is 16.0. The molecule has 1 N–H and O–H groups in total. The normalized spacial score (nSPS) is 10.8. The molecule has 0 spiro atoms. The summed E-state index contributed by atoms with van der Waals surface area (Å²) in [6, 6.07) is 18.3. The Morgan fingerprint density at radius 2 is 1.92 bits per heavy atom. The van der Waals surface area contributed by atoms with Crippen molar-refractivity contribution in [3.05, 3.63) is 78.9 Å². The van der Waals surface area contributed by atoms with Gasteiger partial charge in [0.1, 0.15) is 6.33 Å². The molecule has 0 aliphatic rings. The Hall–Kier alpha value is -3.47. The fourth-order valence-corrected chi connectivity index (χ4v) is 2.93. The average molecular weight is 342 g/mol. The lowest BCUT2D eigenvalue weighted by atomic mass is 10.1. The molecule has 2 aromatic heterocycles. The number of amides is 1. The van der Waals surface area contributed by atoms with Crippen molar-refractivity contribution in [2.45, 2.75) is 13.5 Å². The molecule has 4 aromatic rings. The van der Waals surface area contributed by atoms with E-state index in [1.165, 1.54) is 6.92 Å². The second-order valence-electron chi connectivity index (χ2n) is 6.14. The molecule has 128 valence electrons. The first-order valence-electron chi connectivity index (χ1n) is 8.42. The number of nitrogens with zero attached hydrogens (tertiary/aromatic N) is 3. The van der Waals surface area contributed by atoms with E-state index in [2.05, 4.69) is 32.0 Å². The highest BCUT2D eigenvalue weighted by molar-refractivity contribution is 5.83. The molecule has 0 unspecified atom stereocenters. The number of benzene rings is 2. The minimum Gasteiger partial charge on any atom is -0.352 e. The van der Waals surface area contributed by atoms with Crippen molar-refractivity contribution in [1.29, 1.82) is 0 Å². The lowest BCUT2D eigenvalue weighted by Gasteiger charge is -2.08. The molecule has 0 radical (unpaired) electrons. The molecule has 26 heavy (non-hydrogen) atoms. The molecule has 0 saturated carbocycles. The van der Waals surface area contributed by atoms with Crippen LogP contribution in [0.15, 0.2) is 73.3 Å². The smallest absolute Gasteiger partial charge is 0.217 e. The molecule has 1 amide bonds. The third-order valence-corrected chi connectivity index (χ3v) is 4.30. The highest BCUT2D eigenvalue weighted by atomic mass is 16.1. The zero-order chi connectivity index (χ0) is 17.9. The number of hydrogen-bond donors (Lipinski definition) is 1. The molecule has 5 heteroatoms. The van der Waals surface area contributed by atoms with Gasteiger partial charge in [-0.3, -0.25) is 14.3 Å². The van der Waals surface area contributed by atoms with Gasteiger partial charge in [-0.1, -0.05) is 24.3 Å². The Morgan fingerprint density at radius 1 is 1.08 bits per heavy atom. The maximum Gasteiger partial charge on any atom is 0.217 e. The Morgan fingerprint density at radius 3 is 2.65 bits per heavy atom. The maximum atomic E-state index is 11.0. The summed E-state index contributed by atoms with van der Waals surface area (Å²) in [4.78, 5) is 19.7. The standard InChI is InChI=1S/C21H18N4O/c1-15(26)23-12-16-4-7-19(8-5-16)25-14-24-20-9-6-17(11-21(20)25)18-3-2-10-22-13-18/h2-11,13-14H,12H2,1H3,(H,23,26). The topological polar surface area (TPSA) is 59.8 Å². The molecule has 4 rings (SSSR count). The second kappa shape index (κ2) is 6.80. The van der Waals surface area contributed by atoms with E-state index >= 15 is 0 Å². The lowest BCUT2D eigenvalue weighted by Crippen LogP contribution is -2.18. The van der Waals surface area contributed by atoms with Crippen LogP contribution in [-0.2, 0) is 11.3 Å². The minimum absolute atomic E-state index is 0.0300. The van der Waals surface area contributed by atoms with Crippen LogP contribution in [0.1, 0.15) is 12.5 Å².